The Labute approximate surface area is 171 Å². The molecule has 0 saturated heterocycles. The van der Waals surface area contributed by atoms with Gasteiger partial charge in [0.15, 0.2) is 8.32 Å². The van der Waals surface area contributed by atoms with Gasteiger partial charge in [-0.1, -0.05) is 85.5 Å². The lowest BCUT2D eigenvalue weighted by Gasteiger charge is -2.39. The summed E-state index contributed by atoms with van der Waals surface area (Å²) in [6, 6.07) is 0. The molecule has 0 aliphatic rings. The summed E-state index contributed by atoms with van der Waals surface area (Å²) in [5.41, 5.74) is 0. The van der Waals surface area contributed by atoms with E-state index in [0.29, 0.717) is 17.6 Å². The van der Waals surface area contributed by atoms with Crippen LogP contribution in [-0.2, 0) is 14.0 Å². The molecule has 0 radical (unpaired) electrons. The molecule has 0 aliphatic heterocycles. The lowest BCUT2D eigenvalue weighted by Crippen LogP contribution is -2.44. The number of carbonyl (C=O) groups excluding carboxylic acids is 1. The normalized spacial score (nSPS) is 13.6. The Hall–Kier alpha value is -0.353. The summed E-state index contributed by atoms with van der Waals surface area (Å²) in [4.78, 5) is 11.1. The molecule has 0 spiro atoms. The number of unbranched alkanes of at least 4 members (excludes halogenated alkanes) is 8. The zero-order valence-corrected chi connectivity index (χ0v) is 20.5. The number of hydrogen-bond acceptors (Lipinski definition) is 3. The first kappa shape index (κ1) is 26.6. The van der Waals surface area contributed by atoms with Crippen molar-refractivity contribution in [2.75, 3.05) is 7.11 Å². The van der Waals surface area contributed by atoms with E-state index in [1.54, 1.807) is 0 Å². The number of ether oxygens (including phenoxy) is 1. The molecular weight excluding hydrogens is 352 g/mol. The van der Waals surface area contributed by atoms with E-state index < -0.39 is 8.32 Å². The van der Waals surface area contributed by atoms with Crippen LogP contribution in [0, 0.1) is 0 Å². The standard InChI is InChI=1S/C23H48O3Si/c1-8-9-18-21(26-27(6,7)23(2,3)4)19-16-14-12-10-11-13-15-17-20-22(24)25-5/h21H,8-20H2,1-7H3. The molecule has 0 rings (SSSR count). The van der Waals surface area contributed by atoms with Crippen molar-refractivity contribution in [3.8, 4) is 0 Å². The van der Waals surface area contributed by atoms with Gasteiger partial charge in [-0.2, -0.15) is 0 Å². The predicted octanol–water partition coefficient (Wildman–Crippen LogP) is 7.64. The average Bonchev–Trinajstić information content (AvgIpc) is 2.59. The SMILES string of the molecule is CCCCC(CCCCCCCCCCC(=O)OC)O[Si](C)(C)C(C)(C)C. The fourth-order valence-electron chi connectivity index (χ4n) is 3.09. The Morgan fingerprint density at radius 3 is 1.81 bits per heavy atom. The van der Waals surface area contributed by atoms with Crippen LogP contribution >= 0.6 is 0 Å². The van der Waals surface area contributed by atoms with Gasteiger partial charge in [-0.25, -0.2) is 0 Å². The van der Waals surface area contributed by atoms with E-state index in [0.717, 1.165) is 12.8 Å². The molecule has 1 unspecified atom stereocenters. The molecule has 1 atom stereocenters. The fraction of sp³-hybridized carbons (Fsp3) is 0.957. The van der Waals surface area contributed by atoms with Gasteiger partial charge < -0.3 is 9.16 Å². The van der Waals surface area contributed by atoms with E-state index in [2.05, 4.69) is 45.5 Å². The number of esters is 1. The first-order valence-electron chi connectivity index (χ1n) is 11.4. The van der Waals surface area contributed by atoms with E-state index in [-0.39, 0.29) is 5.97 Å². The molecule has 0 aromatic carbocycles. The second kappa shape index (κ2) is 14.6. The molecule has 0 aliphatic carbocycles. The maximum atomic E-state index is 11.1. The minimum absolute atomic E-state index is 0.0763. The molecule has 4 heteroatoms. The third-order valence-corrected chi connectivity index (χ3v) is 10.6. The summed E-state index contributed by atoms with van der Waals surface area (Å²) < 4.78 is 11.4. The van der Waals surface area contributed by atoms with E-state index in [1.807, 2.05) is 0 Å². The van der Waals surface area contributed by atoms with E-state index in [1.165, 1.54) is 71.3 Å². The lowest BCUT2D eigenvalue weighted by atomic mass is 10.0. The Morgan fingerprint density at radius 1 is 0.852 bits per heavy atom. The molecule has 162 valence electrons. The van der Waals surface area contributed by atoms with E-state index in [9.17, 15) is 4.79 Å². The first-order chi connectivity index (χ1) is 12.6. The number of hydrogen-bond donors (Lipinski definition) is 0. The highest BCUT2D eigenvalue weighted by atomic mass is 28.4. The topological polar surface area (TPSA) is 35.5 Å². The van der Waals surface area contributed by atoms with Gasteiger partial charge in [0, 0.05) is 12.5 Å². The fourth-order valence-corrected chi connectivity index (χ4v) is 4.51. The third kappa shape index (κ3) is 13.5. The molecule has 3 nitrogen and oxygen atoms in total. The van der Waals surface area contributed by atoms with Gasteiger partial charge in [-0.3, -0.25) is 4.79 Å². The first-order valence-corrected chi connectivity index (χ1v) is 14.3. The van der Waals surface area contributed by atoms with Crippen LogP contribution in [0.25, 0.3) is 0 Å². The van der Waals surface area contributed by atoms with Crippen molar-refractivity contribution in [1.82, 2.24) is 0 Å². The molecule has 0 N–H and O–H groups in total. The van der Waals surface area contributed by atoms with Crippen LogP contribution in [0.5, 0.6) is 0 Å². The lowest BCUT2D eigenvalue weighted by molar-refractivity contribution is -0.140. The van der Waals surface area contributed by atoms with Crippen molar-refractivity contribution in [2.24, 2.45) is 0 Å². The summed E-state index contributed by atoms with van der Waals surface area (Å²) in [5, 5.41) is 0.297. The predicted molar refractivity (Wildman–Crippen MR) is 120 cm³/mol. The largest absolute Gasteiger partial charge is 0.469 e. The van der Waals surface area contributed by atoms with E-state index in [4.69, 9.17) is 4.43 Å². The van der Waals surface area contributed by atoms with Gasteiger partial charge in [-0.15, -0.1) is 0 Å². The Morgan fingerprint density at radius 2 is 1.33 bits per heavy atom. The summed E-state index contributed by atoms with van der Waals surface area (Å²) in [5.74, 6) is -0.0763. The van der Waals surface area contributed by atoms with Gasteiger partial charge in [-0.05, 0) is 37.4 Å². The zero-order valence-electron chi connectivity index (χ0n) is 19.5. The van der Waals surface area contributed by atoms with Gasteiger partial charge in [0.2, 0.25) is 0 Å². The minimum atomic E-state index is -1.66. The second-order valence-corrected chi connectivity index (χ2v) is 14.3. The van der Waals surface area contributed by atoms with Crippen molar-refractivity contribution in [1.29, 1.82) is 0 Å². The molecule has 0 saturated carbocycles. The Balaban J connectivity index is 3.89. The molecule has 0 aromatic heterocycles. The van der Waals surface area contributed by atoms with Crippen LogP contribution in [0.2, 0.25) is 18.1 Å². The second-order valence-electron chi connectivity index (χ2n) is 9.59. The Bertz CT molecular complexity index is 374. The molecule has 0 aromatic rings. The molecule has 0 amide bonds. The number of carbonyl (C=O) groups is 1. The average molecular weight is 401 g/mol. The highest BCUT2D eigenvalue weighted by Gasteiger charge is 2.38. The third-order valence-electron chi connectivity index (χ3n) is 6.03. The van der Waals surface area contributed by atoms with Gasteiger partial charge in [0.25, 0.3) is 0 Å². The van der Waals surface area contributed by atoms with Crippen LogP contribution in [0.3, 0.4) is 0 Å². The number of methoxy groups -OCH3 is 1. The molecular formula is C23H48O3Si. The number of rotatable bonds is 16. The van der Waals surface area contributed by atoms with Gasteiger partial charge in [0.1, 0.15) is 0 Å². The van der Waals surface area contributed by atoms with Crippen molar-refractivity contribution < 1.29 is 14.0 Å². The van der Waals surface area contributed by atoms with Gasteiger partial charge in [0.05, 0.1) is 7.11 Å². The highest BCUT2D eigenvalue weighted by Crippen LogP contribution is 2.38. The zero-order chi connectivity index (χ0) is 20.8. The van der Waals surface area contributed by atoms with Crippen LogP contribution < -0.4 is 0 Å². The van der Waals surface area contributed by atoms with Crippen LogP contribution in [0.1, 0.15) is 111 Å². The van der Waals surface area contributed by atoms with Gasteiger partial charge >= 0.3 is 5.97 Å². The van der Waals surface area contributed by atoms with Crippen molar-refractivity contribution >= 4 is 14.3 Å². The maximum absolute atomic E-state index is 11.1. The van der Waals surface area contributed by atoms with Crippen LogP contribution in [0.4, 0.5) is 0 Å². The minimum Gasteiger partial charge on any atom is -0.469 e. The summed E-state index contributed by atoms with van der Waals surface area (Å²) in [6.07, 6.45) is 16.0. The molecule has 0 fully saturated rings. The monoisotopic (exact) mass is 400 g/mol. The molecule has 0 heterocycles. The van der Waals surface area contributed by atoms with Crippen LogP contribution in [-0.4, -0.2) is 27.5 Å². The van der Waals surface area contributed by atoms with Crippen molar-refractivity contribution in [3.63, 3.8) is 0 Å². The quantitative estimate of drug-likeness (QED) is 0.152. The summed E-state index contributed by atoms with van der Waals surface area (Å²) >= 11 is 0. The Kier molecular flexibility index (Phi) is 14.4. The van der Waals surface area contributed by atoms with Crippen molar-refractivity contribution in [2.45, 2.75) is 135 Å². The molecule has 27 heavy (non-hydrogen) atoms. The highest BCUT2D eigenvalue weighted by molar-refractivity contribution is 6.74. The molecule has 0 bridgehead atoms. The van der Waals surface area contributed by atoms with E-state index >= 15 is 0 Å². The van der Waals surface area contributed by atoms with Crippen LogP contribution in [0.15, 0.2) is 0 Å². The maximum Gasteiger partial charge on any atom is 0.305 e. The summed E-state index contributed by atoms with van der Waals surface area (Å²) in [7, 11) is -0.191. The summed E-state index contributed by atoms with van der Waals surface area (Å²) in [6.45, 7) is 14.0. The van der Waals surface area contributed by atoms with Crippen molar-refractivity contribution in [3.05, 3.63) is 0 Å². The smallest absolute Gasteiger partial charge is 0.305 e.